The van der Waals surface area contributed by atoms with Gasteiger partial charge in [0.05, 0.1) is 12.7 Å². The summed E-state index contributed by atoms with van der Waals surface area (Å²) < 4.78 is 11.8. The Hall–Kier alpha value is -3.20. The lowest BCUT2D eigenvalue weighted by Gasteiger charge is -2.32. The number of ether oxygens (including phenoxy) is 2. The van der Waals surface area contributed by atoms with Crippen molar-refractivity contribution in [3.8, 4) is 5.75 Å². The fourth-order valence-corrected chi connectivity index (χ4v) is 3.24. The number of methoxy groups -OCH3 is 1. The average molecular weight is 329 g/mol. The highest BCUT2D eigenvalue weighted by Crippen LogP contribution is 2.45. The van der Waals surface area contributed by atoms with Crippen LogP contribution in [0.2, 0.25) is 0 Å². The second-order valence-electron chi connectivity index (χ2n) is 5.88. The molecular weight excluding hydrogens is 310 g/mol. The van der Waals surface area contributed by atoms with Gasteiger partial charge in [-0.1, -0.05) is 54.6 Å². The Morgan fingerprint density at radius 2 is 1.24 bits per heavy atom. The highest BCUT2D eigenvalue weighted by atomic mass is 16.7. The second-order valence-corrected chi connectivity index (χ2v) is 5.88. The fourth-order valence-electron chi connectivity index (χ4n) is 3.24. The van der Waals surface area contributed by atoms with Gasteiger partial charge in [-0.2, -0.15) is 0 Å². The summed E-state index contributed by atoms with van der Waals surface area (Å²) in [6.07, 6.45) is 0. The van der Waals surface area contributed by atoms with E-state index in [0.29, 0.717) is 5.95 Å². The maximum atomic E-state index is 6.09. The molecule has 0 aliphatic carbocycles. The first-order valence-electron chi connectivity index (χ1n) is 8.23. The summed E-state index contributed by atoms with van der Waals surface area (Å²) in [4.78, 5) is 2.20. The number of rotatable bonds is 3. The van der Waals surface area contributed by atoms with Gasteiger partial charge < -0.3 is 14.4 Å². The maximum Gasteiger partial charge on any atom is 0.293 e. The van der Waals surface area contributed by atoms with Gasteiger partial charge in [0.25, 0.3) is 5.95 Å². The molecule has 3 nitrogen and oxygen atoms in total. The summed E-state index contributed by atoms with van der Waals surface area (Å²) in [5, 5.41) is 0. The topological polar surface area (TPSA) is 21.7 Å². The van der Waals surface area contributed by atoms with Gasteiger partial charge in [0.2, 0.25) is 0 Å². The van der Waals surface area contributed by atoms with Crippen molar-refractivity contribution in [3.05, 3.63) is 95.9 Å². The first-order valence-corrected chi connectivity index (χ1v) is 8.23. The first kappa shape index (κ1) is 15.3. The summed E-state index contributed by atoms with van der Waals surface area (Å²) in [7, 11) is 3.73. The summed E-state index contributed by atoms with van der Waals surface area (Å²) in [6.45, 7) is 0. The lowest BCUT2D eigenvalue weighted by molar-refractivity contribution is 0.154. The standard InChI is InChI=1S/C22H19NO2/c1-23-19-14-8-6-12-17(19)21(18-13-7-9-15-20(18)23)22(24-2)25-16-10-4-3-5-11-16/h3-15H,1-2H3. The molecule has 0 radical (unpaired) electrons. The van der Waals surface area contributed by atoms with Crippen LogP contribution in [-0.2, 0) is 4.74 Å². The third-order valence-electron chi connectivity index (χ3n) is 4.41. The number of fused-ring (bicyclic) bond motifs is 2. The van der Waals surface area contributed by atoms with E-state index in [1.165, 1.54) is 0 Å². The van der Waals surface area contributed by atoms with E-state index >= 15 is 0 Å². The summed E-state index contributed by atoms with van der Waals surface area (Å²) >= 11 is 0. The number of nitrogens with zero attached hydrogens (tertiary/aromatic N) is 1. The third kappa shape index (κ3) is 2.64. The van der Waals surface area contributed by atoms with Crippen molar-refractivity contribution in [1.29, 1.82) is 0 Å². The molecule has 0 saturated carbocycles. The molecule has 1 aliphatic heterocycles. The van der Waals surface area contributed by atoms with E-state index in [0.717, 1.165) is 33.8 Å². The minimum Gasteiger partial charge on any atom is -0.468 e. The van der Waals surface area contributed by atoms with E-state index in [4.69, 9.17) is 9.47 Å². The molecular formula is C22H19NO2. The normalized spacial score (nSPS) is 12.2. The highest BCUT2D eigenvalue weighted by molar-refractivity contribution is 5.97. The molecule has 3 aromatic carbocycles. The van der Waals surface area contributed by atoms with Gasteiger partial charge in [0.15, 0.2) is 0 Å². The van der Waals surface area contributed by atoms with Crippen LogP contribution in [0.15, 0.2) is 84.8 Å². The predicted octanol–water partition coefficient (Wildman–Crippen LogP) is 5.21. The lowest BCUT2D eigenvalue weighted by atomic mass is 9.91. The van der Waals surface area contributed by atoms with Crippen LogP contribution >= 0.6 is 0 Å². The van der Waals surface area contributed by atoms with Crippen molar-refractivity contribution in [2.45, 2.75) is 0 Å². The second kappa shape index (κ2) is 6.36. The summed E-state index contributed by atoms with van der Waals surface area (Å²) in [6, 6.07) is 26.3. The minimum absolute atomic E-state index is 0.499. The summed E-state index contributed by atoms with van der Waals surface area (Å²) in [5.74, 6) is 1.25. The maximum absolute atomic E-state index is 6.09. The molecule has 1 heterocycles. The minimum atomic E-state index is 0.499. The molecule has 0 bridgehead atoms. The Labute approximate surface area is 147 Å². The number of para-hydroxylation sites is 3. The number of hydrogen-bond donors (Lipinski definition) is 0. The monoisotopic (exact) mass is 329 g/mol. The molecule has 3 aromatic rings. The van der Waals surface area contributed by atoms with Gasteiger partial charge in [-0.3, -0.25) is 0 Å². The Bertz CT molecular complexity index is 882. The quantitative estimate of drug-likeness (QED) is 0.616. The lowest BCUT2D eigenvalue weighted by Crippen LogP contribution is -2.19. The van der Waals surface area contributed by atoms with E-state index in [-0.39, 0.29) is 0 Å². The zero-order valence-corrected chi connectivity index (χ0v) is 14.3. The molecule has 1 aliphatic rings. The Balaban J connectivity index is 1.95. The van der Waals surface area contributed by atoms with E-state index in [9.17, 15) is 0 Å². The van der Waals surface area contributed by atoms with Gasteiger partial charge in [-0.05, 0) is 24.3 Å². The Morgan fingerprint density at radius 3 is 1.80 bits per heavy atom. The smallest absolute Gasteiger partial charge is 0.293 e. The summed E-state index contributed by atoms with van der Waals surface area (Å²) in [5.41, 5.74) is 5.41. The number of anilines is 2. The largest absolute Gasteiger partial charge is 0.468 e. The molecule has 0 unspecified atom stereocenters. The van der Waals surface area contributed by atoms with Crippen LogP contribution < -0.4 is 9.64 Å². The van der Waals surface area contributed by atoms with Crippen molar-refractivity contribution in [3.63, 3.8) is 0 Å². The predicted molar refractivity (Wildman–Crippen MR) is 101 cm³/mol. The molecule has 0 aromatic heterocycles. The van der Waals surface area contributed by atoms with Crippen LogP contribution in [-0.4, -0.2) is 14.2 Å². The SMILES string of the molecule is COC(Oc1ccccc1)=C1c2ccccc2N(C)c2ccccc21. The molecule has 0 N–H and O–H groups in total. The van der Waals surface area contributed by atoms with Gasteiger partial charge in [-0.15, -0.1) is 0 Å². The van der Waals surface area contributed by atoms with E-state index < -0.39 is 0 Å². The fraction of sp³-hybridized carbons (Fsp3) is 0.0909. The third-order valence-corrected chi connectivity index (χ3v) is 4.41. The zero-order chi connectivity index (χ0) is 17.2. The molecule has 4 rings (SSSR count). The van der Waals surface area contributed by atoms with Crippen LogP contribution in [0.1, 0.15) is 11.1 Å². The van der Waals surface area contributed by atoms with Crippen molar-refractivity contribution < 1.29 is 9.47 Å². The number of hydrogen-bond acceptors (Lipinski definition) is 3. The molecule has 0 atom stereocenters. The van der Waals surface area contributed by atoms with Gasteiger partial charge >= 0.3 is 0 Å². The highest BCUT2D eigenvalue weighted by Gasteiger charge is 2.27. The van der Waals surface area contributed by atoms with Gasteiger partial charge in [-0.25, -0.2) is 0 Å². The molecule has 124 valence electrons. The van der Waals surface area contributed by atoms with E-state index in [1.54, 1.807) is 7.11 Å². The van der Waals surface area contributed by atoms with Crippen molar-refractivity contribution in [2.24, 2.45) is 0 Å². The number of benzene rings is 3. The van der Waals surface area contributed by atoms with Crippen molar-refractivity contribution >= 4 is 16.9 Å². The first-order chi connectivity index (χ1) is 12.3. The van der Waals surface area contributed by atoms with Crippen molar-refractivity contribution in [1.82, 2.24) is 0 Å². The van der Waals surface area contributed by atoms with Crippen LogP contribution in [0.4, 0.5) is 11.4 Å². The molecule has 25 heavy (non-hydrogen) atoms. The van der Waals surface area contributed by atoms with Crippen molar-refractivity contribution in [2.75, 3.05) is 19.1 Å². The molecule has 3 heteroatoms. The van der Waals surface area contributed by atoms with Crippen LogP contribution in [0.5, 0.6) is 5.75 Å². The van der Waals surface area contributed by atoms with Crippen LogP contribution in [0, 0.1) is 0 Å². The van der Waals surface area contributed by atoms with Gasteiger partial charge in [0, 0.05) is 29.5 Å². The molecule has 0 amide bonds. The van der Waals surface area contributed by atoms with E-state index in [1.807, 2.05) is 54.6 Å². The van der Waals surface area contributed by atoms with Gasteiger partial charge in [0.1, 0.15) is 5.75 Å². The Morgan fingerprint density at radius 1 is 0.720 bits per heavy atom. The zero-order valence-electron chi connectivity index (χ0n) is 14.3. The van der Waals surface area contributed by atoms with Crippen LogP contribution in [0.25, 0.3) is 5.57 Å². The molecule has 0 spiro atoms. The molecule has 0 saturated heterocycles. The Kier molecular flexibility index (Phi) is 3.90. The molecule has 0 fully saturated rings. The average Bonchev–Trinajstić information content (AvgIpc) is 2.68. The van der Waals surface area contributed by atoms with E-state index in [2.05, 4.69) is 36.2 Å². The van der Waals surface area contributed by atoms with Crippen LogP contribution in [0.3, 0.4) is 0 Å².